The third-order valence-corrected chi connectivity index (χ3v) is 3.09. The molecule has 1 atom stereocenters. The zero-order valence-electron chi connectivity index (χ0n) is 9.51. The molecule has 2 aromatic rings. The van der Waals surface area contributed by atoms with Gasteiger partial charge in [0, 0.05) is 0 Å². The van der Waals surface area contributed by atoms with Gasteiger partial charge in [-0.25, -0.2) is 4.39 Å². The van der Waals surface area contributed by atoms with E-state index in [0.29, 0.717) is 10.2 Å². The SMILES string of the molecule is OC(COc1ccc(F)c(Br)c1)c1ccccc1. The summed E-state index contributed by atoms with van der Waals surface area (Å²) in [5.74, 6) is 0.171. The second-order valence-electron chi connectivity index (χ2n) is 3.81. The highest BCUT2D eigenvalue weighted by Gasteiger charge is 2.08. The Balaban J connectivity index is 1.97. The Bertz CT molecular complexity index is 516. The third-order valence-electron chi connectivity index (χ3n) is 2.48. The lowest BCUT2D eigenvalue weighted by molar-refractivity contribution is 0.108. The van der Waals surface area contributed by atoms with Crippen LogP contribution in [-0.2, 0) is 0 Å². The molecule has 2 aromatic carbocycles. The molecule has 0 saturated carbocycles. The number of hydrogen-bond donors (Lipinski definition) is 1. The summed E-state index contributed by atoms with van der Waals surface area (Å²) in [6.45, 7) is 0.127. The Kier molecular flexibility index (Phi) is 4.33. The first-order chi connectivity index (χ1) is 8.66. The minimum atomic E-state index is -0.699. The van der Waals surface area contributed by atoms with Crippen LogP contribution >= 0.6 is 15.9 Å². The van der Waals surface area contributed by atoms with Crippen molar-refractivity contribution in [3.63, 3.8) is 0 Å². The highest BCUT2D eigenvalue weighted by molar-refractivity contribution is 9.10. The number of benzene rings is 2. The number of ether oxygens (including phenoxy) is 1. The van der Waals surface area contributed by atoms with Crippen molar-refractivity contribution in [1.82, 2.24) is 0 Å². The van der Waals surface area contributed by atoms with Crippen molar-refractivity contribution in [3.8, 4) is 5.75 Å². The fraction of sp³-hybridized carbons (Fsp3) is 0.143. The number of aliphatic hydroxyl groups excluding tert-OH is 1. The van der Waals surface area contributed by atoms with Crippen LogP contribution in [0.2, 0.25) is 0 Å². The lowest BCUT2D eigenvalue weighted by Gasteiger charge is -2.12. The molecule has 0 aliphatic carbocycles. The highest BCUT2D eigenvalue weighted by atomic mass is 79.9. The first-order valence-corrected chi connectivity index (χ1v) is 6.27. The van der Waals surface area contributed by atoms with Crippen molar-refractivity contribution < 1.29 is 14.2 Å². The predicted octanol–water partition coefficient (Wildman–Crippen LogP) is 3.70. The van der Waals surface area contributed by atoms with E-state index in [1.54, 1.807) is 0 Å². The standard InChI is InChI=1S/C14H12BrFO2/c15-12-8-11(6-7-13(12)16)18-9-14(17)10-4-2-1-3-5-10/h1-8,14,17H,9H2. The van der Waals surface area contributed by atoms with Gasteiger partial charge >= 0.3 is 0 Å². The van der Waals surface area contributed by atoms with Crippen LogP contribution in [0.5, 0.6) is 5.75 Å². The van der Waals surface area contributed by atoms with Gasteiger partial charge < -0.3 is 9.84 Å². The molecule has 0 radical (unpaired) electrons. The summed E-state index contributed by atoms with van der Waals surface area (Å²) in [6.07, 6.45) is -0.699. The van der Waals surface area contributed by atoms with Crippen molar-refractivity contribution in [1.29, 1.82) is 0 Å². The molecule has 0 saturated heterocycles. The van der Waals surface area contributed by atoms with E-state index in [1.165, 1.54) is 18.2 Å². The maximum atomic E-state index is 13.0. The summed E-state index contributed by atoms with van der Waals surface area (Å²) in [4.78, 5) is 0. The average Bonchev–Trinajstić information content (AvgIpc) is 2.41. The van der Waals surface area contributed by atoms with Crippen LogP contribution in [0.4, 0.5) is 4.39 Å². The van der Waals surface area contributed by atoms with E-state index in [1.807, 2.05) is 30.3 Å². The molecule has 94 valence electrons. The van der Waals surface area contributed by atoms with E-state index < -0.39 is 6.10 Å². The first kappa shape index (κ1) is 13.1. The van der Waals surface area contributed by atoms with Crippen molar-refractivity contribution in [2.45, 2.75) is 6.10 Å². The molecule has 0 spiro atoms. The fourth-order valence-corrected chi connectivity index (χ4v) is 1.87. The number of hydrogen-bond acceptors (Lipinski definition) is 2. The summed E-state index contributed by atoms with van der Waals surface area (Å²) < 4.78 is 18.8. The number of halogens is 2. The third kappa shape index (κ3) is 3.31. The van der Waals surface area contributed by atoms with Crippen molar-refractivity contribution in [2.75, 3.05) is 6.61 Å². The van der Waals surface area contributed by atoms with Gasteiger partial charge in [-0.2, -0.15) is 0 Å². The van der Waals surface area contributed by atoms with E-state index in [9.17, 15) is 9.50 Å². The molecule has 0 heterocycles. The van der Waals surface area contributed by atoms with Gasteiger partial charge in [0.15, 0.2) is 0 Å². The molecule has 0 aliphatic heterocycles. The summed E-state index contributed by atoms with van der Waals surface area (Å²) in [6, 6.07) is 13.6. The van der Waals surface area contributed by atoms with Crippen molar-refractivity contribution in [2.24, 2.45) is 0 Å². The summed E-state index contributed by atoms with van der Waals surface area (Å²) >= 11 is 3.08. The van der Waals surface area contributed by atoms with E-state index >= 15 is 0 Å². The molecule has 0 aromatic heterocycles. The van der Waals surface area contributed by atoms with E-state index in [2.05, 4.69) is 15.9 Å². The second kappa shape index (κ2) is 5.98. The molecule has 18 heavy (non-hydrogen) atoms. The lowest BCUT2D eigenvalue weighted by Crippen LogP contribution is -2.09. The summed E-state index contributed by atoms with van der Waals surface area (Å²) in [7, 11) is 0. The fourth-order valence-electron chi connectivity index (χ4n) is 1.51. The van der Waals surface area contributed by atoms with Gasteiger partial charge in [-0.3, -0.25) is 0 Å². The largest absolute Gasteiger partial charge is 0.490 e. The molecule has 0 bridgehead atoms. The van der Waals surface area contributed by atoms with Gasteiger partial charge in [-0.05, 0) is 39.7 Å². The maximum absolute atomic E-state index is 13.0. The van der Waals surface area contributed by atoms with E-state index in [0.717, 1.165) is 5.56 Å². The molecule has 0 fully saturated rings. The van der Waals surface area contributed by atoms with Crippen molar-refractivity contribution >= 4 is 15.9 Å². The molecule has 1 N–H and O–H groups in total. The van der Waals surface area contributed by atoms with Crippen LogP contribution in [0, 0.1) is 5.82 Å². The zero-order valence-corrected chi connectivity index (χ0v) is 11.1. The minimum Gasteiger partial charge on any atom is -0.490 e. The Morgan fingerprint density at radius 3 is 2.56 bits per heavy atom. The predicted molar refractivity (Wildman–Crippen MR) is 71.0 cm³/mol. The number of rotatable bonds is 4. The molecule has 4 heteroatoms. The van der Waals surface area contributed by atoms with Gasteiger partial charge in [0.2, 0.25) is 0 Å². The molecule has 0 aliphatic rings. The summed E-state index contributed by atoms with van der Waals surface area (Å²) in [5.41, 5.74) is 0.790. The second-order valence-corrected chi connectivity index (χ2v) is 4.67. The van der Waals surface area contributed by atoms with Gasteiger partial charge in [0.1, 0.15) is 24.3 Å². The maximum Gasteiger partial charge on any atom is 0.137 e. The lowest BCUT2D eigenvalue weighted by atomic mass is 10.1. The molecular weight excluding hydrogens is 299 g/mol. The molecular formula is C14H12BrFO2. The Labute approximate surface area is 113 Å². The minimum absolute atomic E-state index is 0.127. The van der Waals surface area contributed by atoms with Gasteiger partial charge in [-0.1, -0.05) is 30.3 Å². The molecule has 0 amide bonds. The van der Waals surface area contributed by atoms with E-state index in [4.69, 9.17) is 4.74 Å². The van der Waals surface area contributed by atoms with Crippen LogP contribution in [0.1, 0.15) is 11.7 Å². The van der Waals surface area contributed by atoms with Gasteiger partial charge in [0.25, 0.3) is 0 Å². The quantitative estimate of drug-likeness (QED) is 0.933. The normalized spacial score (nSPS) is 12.2. The number of aliphatic hydroxyl groups is 1. The molecule has 2 nitrogen and oxygen atoms in total. The van der Waals surface area contributed by atoms with Crippen LogP contribution < -0.4 is 4.74 Å². The molecule has 2 rings (SSSR count). The van der Waals surface area contributed by atoms with Gasteiger partial charge in [0.05, 0.1) is 4.47 Å². The highest BCUT2D eigenvalue weighted by Crippen LogP contribution is 2.23. The van der Waals surface area contributed by atoms with Crippen LogP contribution in [0.25, 0.3) is 0 Å². The molecule has 1 unspecified atom stereocenters. The summed E-state index contributed by atoms with van der Waals surface area (Å²) in [5, 5.41) is 9.89. The van der Waals surface area contributed by atoms with Crippen molar-refractivity contribution in [3.05, 3.63) is 64.4 Å². The average molecular weight is 311 g/mol. The van der Waals surface area contributed by atoms with Crippen LogP contribution in [-0.4, -0.2) is 11.7 Å². The van der Waals surface area contributed by atoms with E-state index in [-0.39, 0.29) is 12.4 Å². The smallest absolute Gasteiger partial charge is 0.137 e. The van der Waals surface area contributed by atoms with Gasteiger partial charge in [-0.15, -0.1) is 0 Å². The monoisotopic (exact) mass is 310 g/mol. The Morgan fingerprint density at radius 2 is 1.89 bits per heavy atom. The topological polar surface area (TPSA) is 29.5 Å². The van der Waals surface area contributed by atoms with Crippen LogP contribution in [0.3, 0.4) is 0 Å². The van der Waals surface area contributed by atoms with Crippen LogP contribution in [0.15, 0.2) is 53.0 Å². The Morgan fingerprint density at radius 1 is 1.17 bits per heavy atom. The zero-order chi connectivity index (χ0) is 13.0. The Hall–Kier alpha value is -1.39. The first-order valence-electron chi connectivity index (χ1n) is 5.47.